The summed E-state index contributed by atoms with van der Waals surface area (Å²) in [6.45, 7) is 4.58. The van der Waals surface area contributed by atoms with Crippen LogP contribution in [-0.2, 0) is 0 Å². The molecule has 1 heteroatoms. The number of allylic oxidation sites excluding steroid dienone is 1. The van der Waals surface area contributed by atoms with E-state index in [0.717, 1.165) is 12.3 Å². The summed E-state index contributed by atoms with van der Waals surface area (Å²) in [5.41, 5.74) is 0.356. The lowest BCUT2D eigenvalue weighted by Gasteiger charge is -2.31. The molecule has 0 unspecified atom stereocenters. The Morgan fingerprint density at radius 3 is 2.83 bits per heavy atom. The molecule has 0 aliphatic heterocycles. The smallest absolute Gasteiger partial charge is 0.0610 e. The first-order valence-corrected chi connectivity index (χ1v) is 4.96. The van der Waals surface area contributed by atoms with Gasteiger partial charge in [0.25, 0.3) is 0 Å². The quantitative estimate of drug-likeness (QED) is 0.548. The molecule has 3 atom stereocenters. The normalized spacial score (nSPS) is 44.4. The Morgan fingerprint density at radius 2 is 2.17 bits per heavy atom. The van der Waals surface area contributed by atoms with Gasteiger partial charge in [-0.3, -0.25) is 0 Å². The molecule has 0 radical (unpaired) electrons. The first-order valence-electron chi connectivity index (χ1n) is 4.96. The van der Waals surface area contributed by atoms with E-state index in [1.807, 2.05) is 0 Å². The topological polar surface area (TPSA) is 20.2 Å². The number of rotatable bonds is 0. The zero-order chi connectivity index (χ0) is 8.77. The first kappa shape index (κ1) is 8.31. The Bertz CT molecular complexity index is 205. The van der Waals surface area contributed by atoms with Crippen molar-refractivity contribution in [3.05, 3.63) is 12.2 Å². The molecule has 1 fully saturated rings. The average Bonchev–Trinajstić information content (AvgIpc) is 2.25. The zero-order valence-electron chi connectivity index (χ0n) is 7.96. The monoisotopic (exact) mass is 166 g/mol. The van der Waals surface area contributed by atoms with Gasteiger partial charge in [0.1, 0.15) is 0 Å². The van der Waals surface area contributed by atoms with Crippen molar-refractivity contribution in [2.75, 3.05) is 0 Å². The molecule has 2 aliphatic rings. The molecule has 0 amide bonds. The van der Waals surface area contributed by atoms with Crippen molar-refractivity contribution in [3.8, 4) is 0 Å². The van der Waals surface area contributed by atoms with Crippen LogP contribution >= 0.6 is 0 Å². The number of hydrogen-bond acceptors (Lipinski definition) is 1. The van der Waals surface area contributed by atoms with Gasteiger partial charge in [0.2, 0.25) is 0 Å². The largest absolute Gasteiger partial charge is 0.392 e. The van der Waals surface area contributed by atoms with Crippen molar-refractivity contribution in [2.24, 2.45) is 17.3 Å². The van der Waals surface area contributed by atoms with Crippen LogP contribution < -0.4 is 0 Å². The molecular weight excluding hydrogens is 148 g/mol. The first-order chi connectivity index (χ1) is 5.61. The fourth-order valence-electron chi connectivity index (χ4n) is 2.99. The van der Waals surface area contributed by atoms with Crippen LogP contribution in [0.4, 0.5) is 0 Å². The van der Waals surface area contributed by atoms with Crippen molar-refractivity contribution >= 4 is 0 Å². The summed E-state index contributed by atoms with van der Waals surface area (Å²) in [5, 5.41) is 9.81. The Labute approximate surface area is 74.5 Å². The highest BCUT2D eigenvalue weighted by Crippen LogP contribution is 2.50. The third-order valence-corrected chi connectivity index (χ3v) is 3.65. The summed E-state index contributed by atoms with van der Waals surface area (Å²) < 4.78 is 0. The van der Waals surface area contributed by atoms with Crippen LogP contribution in [0, 0.1) is 17.3 Å². The maximum Gasteiger partial charge on any atom is 0.0610 e. The fourth-order valence-corrected chi connectivity index (χ4v) is 2.99. The van der Waals surface area contributed by atoms with Gasteiger partial charge in [-0.25, -0.2) is 0 Å². The van der Waals surface area contributed by atoms with Crippen molar-refractivity contribution in [3.63, 3.8) is 0 Å². The van der Waals surface area contributed by atoms with E-state index in [0.29, 0.717) is 11.3 Å². The maximum absolute atomic E-state index is 9.81. The molecule has 0 heterocycles. The molecule has 2 aliphatic carbocycles. The van der Waals surface area contributed by atoms with E-state index in [9.17, 15) is 5.11 Å². The predicted octanol–water partition coefficient (Wildman–Crippen LogP) is 2.36. The van der Waals surface area contributed by atoms with E-state index >= 15 is 0 Å². The van der Waals surface area contributed by atoms with Gasteiger partial charge in [0.15, 0.2) is 0 Å². The van der Waals surface area contributed by atoms with Crippen molar-refractivity contribution in [1.29, 1.82) is 0 Å². The molecule has 68 valence electrons. The Hall–Kier alpha value is -0.300. The van der Waals surface area contributed by atoms with Gasteiger partial charge in [-0.1, -0.05) is 26.0 Å². The van der Waals surface area contributed by atoms with Crippen molar-refractivity contribution < 1.29 is 5.11 Å². The lowest BCUT2D eigenvalue weighted by Crippen LogP contribution is -2.24. The van der Waals surface area contributed by atoms with E-state index < -0.39 is 0 Å². The standard InChI is InChI=1S/C11H18O/c1-11(2)7-10(12)8-5-3-4-6-9(8)11/h3,5,8-10,12H,4,6-7H2,1-2H3/t8-,9+,10+/m1/s1. The van der Waals surface area contributed by atoms with Gasteiger partial charge in [-0.15, -0.1) is 0 Å². The summed E-state index contributed by atoms with van der Waals surface area (Å²) >= 11 is 0. The van der Waals surface area contributed by atoms with Crippen LogP contribution in [0.5, 0.6) is 0 Å². The minimum Gasteiger partial charge on any atom is -0.392 e. The summed E-state index contributed by atoms with van der Waals surface area (Å²) in [4.78, 5) is 0. The SMILES string of the molecule is CC1(C)C[C@H](O)[C@@H]2C=CCC[C@@H]21. The average molecular weight is 166 g/mol. The molecule has 0 bridgehead atoms. The number of hydrogen-bond donors (Lipinski definition) is 1. The van der Waals surface area contributed by atoms with E-state index in [1.165, 1.54) is 12.8 Å². The fraction of sp³-hybridized carbons (Fsp3) is 0.818. The van der Waals surface area contributed by atoms with Crippen molar-refractivity contribution in [2.45, 2.75) is 39.2 Å². The zero-order valence-corrected chi connectivity index (χ0v) is 7.96. The molecule has 0 aromatic carbocycles. The van der Waals surface area contributed by atoms with Gasteiger partial charge in [0.05, 0.1) is 6.10 Å². The summed E-state index contributed by atoms with van der Waals surface area (Å²) in [6.07, 6.45) is 7.83. The Morgan fingerprint density at radius 1 is 1.42 bits per heavy atom. The van der Waals surface area contributed by atoms with Crippen molar-refractivity contribution in [1.82, 2.24) is 0 Å². The third kappa shape index (κ3) is 1.11. The molecule has 12 heavy (non-hydrogen) atoms. The van der Waals surface area contributed by atoms with Gasteiger partial charge >= 0.3 is 0 Å². The van der Waals surface area contributed by atoms with E-state index in [-0.39, 0.29) is 6.10 Å². The van der Waals surface area contributed by atoms with Crippen LogP contribution in [0.25, 0.3) is 0 Å². The van der Waals surface area contributed by atoms with Gasteiger partial charge in [-0.05, 0) is 30.6 Å². The highest BCUT2D eigenvalue weighted by atomic mass is 16.3. The molecule has 0 saturated heterocycles. The van der Waals surface area contributed by atoms with Crippen LogP contribution in [0.3, 0.4) is 0 Å². The number of fused-ring (bicyclic) bond motifs is 1. The van der Waals surface area contributed by atoms with Crippen LogP contribution in [0.1, 0.15) is 33.1 Å². The molecule has 0 aromatic rings. The van der Waals surface area contributed by atoms with Crippen LogP contribution in [0.2, 0.25) is 0 Å². The summed E-state index contributed by atoms with van der Waals surface area (Å²) in [6, 6.07) is 0. The van der Waals surface area contributed by atoms with Gasteiger partial charge < -0.3 is 5.11 Å². The Kier molecular flexibility index (Phi) is 1.80. The molecular formula is C11H18O. The minimum atomic E-state index is -0.0819. The lowest BCUT2D eigenvalue weighted by atomic mass is 9.74. The molecule has 0 aromatic heterocycles. The molecule has 0 spiro atoms. The number of aliphatic hydroxyl groups is 1. The highest BCUT2D eigenvalue weighted by molar-refractivity contribution is 5.08. The summed E-state index contributed by atoms with van der Waals surface area (Å²) in [7, 11) is 0. The highest BCUT2D eigenvalue weighted by Gasteiger charge is 2.46. The molecule has 1 N–H and O–H groups in total. The van der Waals surface area contributed by atoms with Gasteiger partial charge in [-0.2, -0.15) is 0 Å². The second-order valence-corrected chi connectivity index (χ2v) is 4.95. The van der Waals surface area contributed by atoms with E-state index in [1.54, 1.807) is 0 Å². The van der Waals surface area contributed by atoms with Crippen LogP contribution in [0.15, 0.2) is 12.2 Å². The molecule has 2 rings (SSSR count). The second-order valence-electron chi connectivity index (χ2n) is 4.95. The second kappa shape index (κ2) is 2.59. The van der Waals surface area contributed by atoms with Crippen LogP contribution in [-0.4, -0.2) is 11.2 Å². The molecule has 1 nitrogen and oxygen atoms in total. The molecule has 1 saturated carbocycles. The summed E-state index contributed by atoms with van der Waals surface area (Å²) in [5.74, 6) is 1.17. The maximum atomic E-state index is 9.81. The number of aliphatic hydroxyl groups excluding tert-OH is 1. The third-order valence-electron chi connectivity index (χ3n) is 3.65. The van der Waals surface area contributed by atoms with Gasteiger partial charge in [0, 0.05) is 5.92 Å². The van der Waals surface area contributed by atoms with E-state index in [4.69, 9.17) is 0 Å². The minimum absolute atomic E-state index is 0.0819. The predicted molar refractivity (Wildman–Crippen MR) is 49.8 cm³/mol. The van der Waals surface area contributed by atoms with E-state index in [2.05, 4.69) is 26.0 Å². The lowest BCUT2D eigenvalue weighted by molar-refractivity contribution is 0.138. The Balaban J connectivity index is 2.25.